The van der Waals surface area contributed by atoms with Gasteiger partial charge in [0.1, 0.15) is 6.29 Å². The van der Waals surface area contributed by atoms with E-state index >= 15 is 0 Å². The molecule has 3 aromatic heterocycles. The number of allylic oxidation sites excluding steroid dienone is 6. The van der Waals surface area contributed by atoms with E-state index < -0.39 is 0 Å². The van der Waals surface area contributed by atoms with Gasteiger partial charge in [-0.2, -0.15) is 0 Å². The van der Waals surface area contributed by atoms with Gasteiger partial charge in [-0.1, -0.05) is 258 Å². The summed E-state index contributed by atoms with van der Waals surface area (Å²) in [6, 6.07) is 55.1. The molecule has 4 aliphatic heterocycles. The standard InChI is InChI=1S/C87H90N6O/c1-82(2,3)60-41-57(42-61(47-60)83(4,5)6)77-70-35-33-68(88-70)76(54-25-23-53(24-26-54)67-32-30-56-28-27-55-29-31-66(92-80(55)81(56)93-67)52-21-19-51(50-94)20-22-52)69-34-36-71(89-69)78(58-43-62(84(7,8)9)48-63(44-58)85(10,11)12)73-38-40-75(91-73)79(74-39-37-72(77)90-74)59-45-64(86(13,14)15)49-65(46-59)87(16,17)18/h19-50,72,77,89-90H,1-18H3/b76-68-,78-73-,79-74-. The van der Waals surface area contributed by atoms with E-state index in [9.17, 15) is 4.79 Å². The second-order valence-corrected chi connectivity index (χ2v) is 32.7. The number of fused-ring (bicyclic) bond motifs is 9. The van der Waals surface area contributed by atoms with Gasteiger partial charge in [0.25, 0.3) is 0 Å². The zero-order valence-electron chi connectivity index (χ0n) is 58.3. The topological polar surface area (TPSA) is 95.4 Å². The molecule has 0 spiro atoms. The summed E-state index contributed by atoms with van der Waals surface area (Å²) in [5.41, 5.74) is 27.1. The van der Waals surface area contributed by atoms with E-state index in [1.54, 1.807) is 0 Å². The Bertz CT molecular complexity index is 4750. The summed E-state index contributed by atoms with van der Waals surface area (Å²) in [6.45, 7) is 41.7. The maximum absolute atomic E-state index is 11.5. The number of pyridine rings is 2. The molecule has 0 aliphatic carbocycles. The van der Waals surface area contributed by atoms with Crippen LogP contribution in [0.15, 0.2) is 215 Å². The molecule has 0 saturated heterocycles. The van der Waals surface area contributed by atoms with Gasteiger partial charge in [-0.25, -0.2) is 15.0 Å². The molecular weight excluding hydrogens is 1140 g/mol. The Hall–Kier alpha value is -9.33. The second-order valence-electron chi connectivity index (χ2n) is 32.7. The number of hydrogen-bond donors (Lipinski definition) is 2. The molecule has 0 amide bonds. The number of benzene rings is 6. The quantitative estimate of drug-likeness (QED) is 0.123. The van der Waals surface area contributed by atoms with Crippen molar-refractivity contribution in [2.24, 2.45) is 9.98 Å². The predicted molar refractivity (Wildman–Crippen MR) is 397 cm³/mol. The monoisotopic (exact) mass is 1230 g/mol. The molecule has 94 heavy (non-hydrogen) atoms. The van der Waals surface area contributed by atoms with Gasteiger partial charge in [-0.05, 0) is 143 Å². The smallest absolute Gasteiger partial charge is 0.150 e. The first-order valence-electron chi connectivity index (χ1n) is 33.5. The number of aliphatic imine (C=N–C) groups is 2. The van der Waals surface area contributed by atoms with Crippen LogP contribution in [0.2, 0.25) is 0 Å². The van der Waals surface area contributed by atoms with E-state index in [4.69, 9.17) is 20.0 Å². The average Bonchev–Trinajstić information content (AvgIpc) is 1.84. The summed E-state index contributed by atoms with van der Waals surface area (Å²) in [7, 11) is 0. The predicted octanol–water partition coefficient (Wildman–Crippen LogP) is 21.3. The fourth-order valence-corrected chi connectivity index (χ4v) is 13.3. The Balaban J connectivity index is 1.04. The highest BCUT2D eigenvalue weighted by Gasteiger charge is 2.36. The van der Waals surface area contributed by atoms with Crippen LogP contribution in [-0.2, 0) is 32.5 Å². The largest absolute Gasteiger partial charge is 0.377 e. The first-order valence-corrected chi connectivity index (χ1v) is 33.5. The van der Waals surface area contributed by atoms with Crippen molar-refractivity contribution in [1.82, 2.24) is 20.3 Å². The zero-order chi connectivity index (χ0) is 66.8. The lowest BCUT2D eigenvalue weighted by molar-refractivity contribution is 0.112. The average molecular weight is 1240 g/mol. The van der Waals surface area contributed by atoms with Gasteiger partial charge < -0.3 is 10.3 Å². The Morgan fingerprint density at radius 1 is 0.383 bits per heavy atom. The highest BCUT2D eigenvalue weighted by Crippen LogP contribution is 2.45. The van der Waals surface area contributed by atoms with Crippen LogP contribution in [0.4, 0.5) is 0 Å². The summed E-state index contributed by atoms with van der Waals surface area (Å²) in [4.78, 5) is 38.0. The minimum absolute atomic E-state index is 0.111. The van der Waals surface area contributed by atoms with Crippen molar-refractivity contribution in [3.63, 3.8) is 0 Å². The molecule has 8 bridgehead atoms. The first-order chi connectivity index (χ1) is 44.2. The van der Waals surface area contributed by atoms with E-state index in [0.29, 0.717) is 5.56 Å². The molecule has 0 fully saturated rings. The number of rotatable bonds is 7. The van der Waals surface area contributed by atoms with Crippen molar-refractivity contribution in [3.8, 4) is 22.5 Å². The van der Waals surface area contributed by atoms with Crippen molar-refractivity contribution in [2.45, 2.75) is 169 Å². The fourth-order valence-electron chi connectivity index (χ4n) is 13.3. The normalized spacial score (nSPS) is 19.3. The van der Waals surface area contributed by atoms with E-state index in [1.807, 2.05) is 30.3 Å². The third-order valence-corrected chi connectivity index (χ3v) is 19.3. The number of nitrogens with one attached hydrogen (secondary N) is 2. The lowest BCUT2D eigenvalue weighted by Crippen LogP contribution is -2.34. The molecule has 0 saturated carbocycles. The zero-order valence-corrected chi connectivity index (χ0v) is 58.3. The van der Waals surface area contributed by atoms with Gasteiger partial charge in [0.05, 0.1) is 57.2 Å². The van der Waals surface area contributed by atoms with Crippen molar-refractivity contribution in [1.29, 1.82) is 0 Å². The minimum atomic E-state index is -0.187. The van der Waals surface area contributed by atoms with E-state index in [0.717, 1.165) is 124 Å². The number of H-pyrrole nitrogens is 1. The number of carbonyl (C=O) groups is 1. The van der Waals surface area contributed by atoms with Gasteiger partial charge in [-0.15, -0.1) is 0 Å². The molecule has 7 heteroatoms. The lowest BCUT2D eigenvalue weighted by atomic mass is 9.76. The van der Waals surface area contributed by atoms with Crippen LogP contribution in [0.3, 0.4) is 0 Å². The summed E-state index contributed by atoms with van der Waals surface area (Å²) in [5, 5.41) is 6.26. The Morgan fingerprint density at radius 3 is 1.26 bits per heavy atom. The molecule has 0 radical (unpaired) electrons. The summed E-state index contributed by atoms with van der Waals surface area (Å²) in [5.74, 6) is -0.187. The third kappa shape index (κ3) is 12.3. The Morgan fingerprint density at radius 2 is 0.787 bits per heavy atom. The van der Waals surface area contributed by atoms with Crippen LogP contribution in [0.1, 0.15) is 208 Å². The number of aldehydes is 1. The van der Waals surface area contributed by atoms with Crippen LogP contribution in [-0.4, -0.2) is 38.7 Å². The van der Waals surface area contributed by atoms with Crippen LogP contribution in [0.25, 0.3) is 61.0 Å². The number of carbonyl (C=O) groups excluding carboxylic acids is 1. The van der Waals surface area contributed by atoms with Crippen molar-refractivity contribution < 1.29 is 4.79 Å². The Kier molecular flexibility index (Phi) is 15.5. The van der Waals surface area contributed by atoms with E-state index in [1.165, 1.54) is 38.9 Å². The summed E-state index contributed by atoms with van der Waals surface area (Å²) < 4.78 is 0. The van der Waals surface area contributed by atoms with Crippen LogP contribution < -0.4 is 5.32 Å². The highest BCUT2D eigenvalue weighted by molar-refractivity contribution is 6.32. The second kappa shape index (κ2) is 23.0. The maximum Gasteiger partial charge on any atom is 0.150 e. The Labute approximate surface area is 557 Å². The molecule has 9 aromatic rings. The van der Waals surface area contributed by atoms with Gasteiger partial charge >= 0.3 is 0 Å². The number of nitrogens with zero attached hydrogens (tertiary/aromatic N) is 4. The van der Waals surface area contributed by atoms with Crippen molar-refractivity contribution in [3.05, 3.63) is 278 Å². The van der Waals surface area contributed by atoms with E-state index in [2.05, 4.69) is 293 Å². The van der Waals surface area contributed by atoms with Crippen LogP contribution in [0.5, 0.6) is 0 Å². The molecule has 2 unspecified atom stereocenters. The molecule has 7 nitrogen and oxygen atoms in total. The molecule has 6 aromatic carbocycles. The van der Waals surface area contributed by atoms with Gasteiger partial charge in [-0.3, -0.25) is 9.79 Å². The van der Waals surface area contributed by atoms with Crippen LogP contribution in [0, 0.1) is 0 Å². The number of aromatic nitrogens is 3. The number of hydrogen-bond acceptors (Lipinski definition) is 6. The molecule has 13 rings (SSSR count). The van der Waals surface area contributed by atoms with Crippen molar-refractivity contribution >= 4 is 56.2 Å². The molecule has 474 valence electrons. The van der Waals surface area contributed by atoms with Gasteiger partial charge in [0, 0.05) is 61.3 Å². The minimum Gasteiger partial charge on any atom is -0.377 e. The first kappa shape index (κ1) is 63.4. The fraction of sp³-hybridized carbons (Fsp3) is 0.299. The summed E-state index contributed by atoms with van der Waals surface area (Å²) in [6.07, 6.45) is 14.6. The maximum atomic E-state index is 11.5. The van der Waals surface area contributed by atoms with Gasteiger partial charge in [0.15, 0.2) is 0 Å². The molecular formula is C87H90N6O. The van der Waals surface area contributed by atoms with Gasteiger partial charge in [0.2, 0.25) is 0 Å². The SMILES string of the molecule is CC(C)(C)c1cc(/C2=C3\C=CC(N3)C(c3cc(C(C)(C)C)cc(C(C)(C)C)c3)C3=N/C(=C(/c4ccc(-c5ccc6ccc7ccc(-c8ccc(C=O)cc8)nc7c6n5)cc4)c4ccc([nH]4)/C(c4cc(C(C)(C)C)cc(C(C)(C)C)c4)=C4/C=CC2=N4)C=C3)cc(C(C)(C)C)c1. The molecule has 2 N–H and O–H groups in total. The van der Waals surface area contributed by atoms with E-state index in [-0.39, 0.29) is 44.4 Å². The number of aromatic amines is 1. The molecule has 7 heterocycles. The molecule has 4 aliphatic rings. The highest BCUT2D eigenvalue weighted by atomic mass is 16.1. The van der Waals surface area contributed by atoms with Crippen molar-refractivity contribution in [2.75, 3.05) is 0 Å². The lowest BCUT2D eigenvalue weighted by Gasteiger charge is -2.30. The molecule has 2 atom stereocenters. The summed E-state index contributed by atoms with van der Waals surface area (Å²) >= 11 is 0. The van der Waals surface area contributed by atoms with Crippen LogP contribution >= 0.6 is 0 Å². The third-order valence-electron chi connectivity index (χ3n) is 19.3.